The van der Waals surface area contributed by atoms with Crippen molar-refractivity contribution >= 4 is 17.3 Å². The number of thiophene rings is 1. The van der Waals surface area contributed by atoms with E-state index in [4.69, 9.17) is 5.73 Å². The summed E-state index contributed by atoms with van der Waals surface area (Å²) in [6.07, 6.45) is -1.69. The van der Waals surface area contributed by atoms with E-state index >= 15 is 0 Å². The summed E-state index contributed by atoms with van der Waals surface area (Å²) in [6.45, 7) is 2.44. The minimum atomic E-state index is -4.31. The normalized spacial score (nSPS) is 14.9. The van der Waals surface area contributed by atoms with E-state index in [1.165, 1.54) is 17.0 Å². The van der Waals surface area contributed by atoms with Gasteiger partial charge in [0.2, 0.25) is 5.95 Å². The first-order valence-electron chi connectivity index (χ1n) is 8.47. The molecule has 0 aliphatic carbocycles. The van der Waals surface area contributed by atoms with E-state index < -0.39 is 11.7 Å². The third-order valence-corrected chi connectivity index (χ3v) is 5.69. The number of nitrogen functional groups attached to an aromatic ring is 1. The van der Waals surface area contributed by atoms with Gasteiger partial charge in [-0.1, -0.05) is 12.1 Å². The van der Waals surface area contributed by atoms with Crippen molar-refractivity contribution in [2.45, 2.75) is 25.7 Å². The Morgan fingerprint density at radius 3 is 2.63 bits per heavy atom. The molecule has 2 aromatic heterocycles. The average Bonchev–Trinajstić information content (AvgIpc) is 3.10. The van der Waals surface area contributed by atoms with Gasteiger partial charge < -0.3 is 5.73 Å². The summed E-state index contributed by atoms with van der Waals surface area (Å²) < 4.78 is 38.1. The molecule has 0 saturated carbocycles. The summed E-state index contributed by atoms with van der Waals surface area (Å²) in [6, 6.07) is 9.30. The van der Waals surface area contributed by atoms with Crippen molar-refractivity contribution in [3.05, 3.63) is 64.3 Å². The monoisotopic (exact) mass is 390 g/mol. The van der Waals surface area contributed by atoms with Gasteiger partial charge in [-0.05, 0) is 29.8 Å². The quantitative estimate of drug-likeness (QED) is 0.722. The van der Waals surface area contributed by atoms with E-state index in [2.05, 4.69) is 14.9 Å². The molecule has 4 nitrogen and oxygen atoms in total. The van der Waals surface area contributed by atoms with Crippen LogP contribution in [-0.2, 0) is 25.7 Å². The number of hydrogen-bond acceptors (Lipinski definition) is 5. The Morgan fingerprint density at radius 1 is 1.11 bits per heavy atom. The molecule has 27 heavy (non-hydrogen) atoms. The lowest BCUT2D eigenvalue weighted by Gasteiger charge is -2.27. The highest BCUT2D eigenvalue weighted by Crippen LogP contribution is 2.33. The Hall–Kier alpha value is -2.45. The van der Waals surface area contributed by atoms with Crippen molar-refractivity contribution in [1.29, 1.82) is 0 Å². The molecule has 0 atom stereocenters. The van der Waals surface area contributed by atoms with Crippen LogP contribution in [-0.4, -0.2) is 21.4 Å². The number of rotatable bonds is 3. The molecule has 1 aliphatic heterocycles. The van der Waals surface area contributed by atoms with Crippen molar-refractivity contribution in [1.82, 2.24) is 14.9 Å². The number of hydrogen-bond donors (Lipinski definition) is 1. The van der Waals surface area contributed by atoms with Crippen LogP contribution in [0.1, 0.15) is 21.7 Å². The van der Waals surface area contributed by atoms with Gasteiger partial charge in [-0.25, -0.2) is 9.97 Å². The van der Waals surface area contributed by atoms with Crippen LogP contribution in [0.3, 0.4) is 0 Å². The van der Waals surface area contributed by atoms with Crippen LogP contribution in [0.15, 0.2) is 42.6 Å². The first kappa shape index (κ1) is 17.9. The number of alkyl halides is 3. The Kier molecular flexibility index (Phi) is 4.61. The van der Waals surface area contributed by atoms with E-state index in [1.807, 2.05) is 12.1 Å². The molecule has 0 radical (unpaired) electrons. The highest BCUT2D eigenvalue weighted by molar-refractivity contribution is 7.15. The number of aromatic nitrogens is 2. The minimum Gasteiger partial charge on any atom is -0.368 e. The lowest BCUT2D eigenvalue weighted by molar-refractivity contribution is -0.137. The van der Waals surface area contributed by atoms with Gasteiger partial charge in [-0.15, -0.1) is 11.3 Å². The smallest absolute Gasteiger partial charge is 0.368 e. The molecule has 8 heteroatoms. The lowest BCUT2D eigenvalue weighted by atomic mass is 10.1. The molecular formula is C19H17F3N4S. The van der Waals surface area contributed by atoms with Gasteiger partial charge in [0.1, 0.15) is 0 Å². The first-order chi connectivity index (χ1) is 12.9. The maximum Gasteiger partial charge on any atom is 0.416 e. The molecule has 1 aromatic carbocycles. The largest absolute Gasteiger partial charge is 0.416 e. The SMILES string of the molecule is Nc1ncc2c(n1)CCN(Cc1ccc(-c3ccc(C(F)(F)F)cc3)s1)C2. The predicted octanol–water partition coefficient (Wildman–Crippen LogP) is 4.36. The van der Waals surface area contributed by atoms with E-state index in [0.29, 0.717) is 5.95 Å². The second-order valence-corrected chi connectivity index (χ2v) is 7.67. The highest BCUT2D eigenvalue weighted by Gasteiger charge is 2.30. The van der Waals surface area contributed by atoms with Gasteiger partial charge in [0, 0.05) is 47.6 Å². The molecule has 0 saturated heterocycles. The predicted molar refractivity (Wildman–Crippen MR) is 99.0 cm³/mol. The van der Waals surface area contributed by atoms with Gasteiger partial charge in [0.15, 0.2) is 0 Å². The Balaban J connectivity index is 1.45. The number of anilines is 1. The Morgan fingerprint density at radius 2 is 1.89 bits per heavy atom. The summed E-state index contributed by atoms with van der Waals surface area (Å²) in [5.41, 5.74) is 7.91. The van der Waals surface area contributed by atoms with Crippen molar-refractivity contribution < 1.29 is 13.2 Å². The minimum absolute atomic E-state index is 0.307. The van der Waals surface area contributed by atoms with Crippen LogP contribution in [0.4, 0.5) is 19.1 Å². The first-order valence-corrected chi connectivity index (χ1v) is 9.29. The van der Waals surface area contributed by atoms with Gasteiger partial charge >= 0.3 is 6.18 Å². The van der Waals surface area contributed by atoms with Crippen LogP contribution in [0, 0.1) is 0 Å². The van der Waals surface area contributed by atoms with E-state index in [9.17, 15) is 13.2 Å². The molecule has 140 valence electrons. The molecule has 0 fully saturated rings. The van der Waals surface area contributed by atoms with Gasteiger partial charge in [0.05, 0.1) is 11.3 Å². The molecule has 4 rings (SSSR count). The number of fused-ring (bicyclic) bond motifs is 1. The van der Waals surface area contributed by atoms with Crippen LogP contribution in [0.2, 0.25) is 0 Å². The fourth-order valence-corrected chi connectivity index (χ4v) is 4.24. The highest BCUT2D eigenvalue weighted by atomic mass is 32.1. The van der Waals surface area contributed by atoms with E-state index in [-0.39, 0.29) is 0 Å². The van der Waals surface area contributed by atoms with E-state index in [1.54, 1.807) is 17.5 Å². The zero-order valence-electron chi connectivity index (χ0n) is 14.3. The maximum atomic E-state index is 12.7. The molecule has 0 amide bonds. The van der Waals surface area contributed by atoms with E-state index in [0.717, 1.165) is 59.9 Å². The summed E-state index contributed by atoms with van der Waals surface area (Å²) in [7, 11) is 0. The van der Waals surface area contributed by atoms with Crippen molar-refractivity contribution in [3.63, 3.8) is 0 Å². The number of nitrogens with zero attached hydrogens (tertiary/aromatic N) is 3. The van der Waals surface area contributed by atoms with Crippen LogP contribution < -0.4 is 5.73 Å². The van der Waals surface area contributed by atoms with Crippen LogP contribution >= 0.6 is 11.3 Å². The molecule has 1 aliphatic rings. The fraction of sp³-hybridized carbons (Fsp3) is 0.263. The number of halogens is 3. The summed E-state index contributed by atoms with van der Waals surface area (Å²) >= 11 is 1.60. The molecule has 0 unspecified atom stereocenters. The topological polar surface area (TPSA) is 55.0 Å². The van der Waals surface area contributed by atoms with Crippen LogP contribution in [0.25, 0.3) is 10.4 Å². The maximum absolute atomic E-state index is 12.7. The van der Waals surface area contributed by atoms with Crippen molar-refractivity contribution in [2.24, 2.45) is 0 Å². The second-order valence-electron chi connectivity index (χ2n) is 6.50. The summed E-state index contributed by atoms with van der Waals surface area (Å²) in [5.74, 6) is 0.307. The summed E-state index contributed by atoms with van der Waals surface area (Å²) in [4.78, 5) is 12.8. The lowest BCUT2D eigenvalue weighted by Crippen LogP contribution is -2.30. The van der Waals surface area contributed by atoms with Crippen molar-refractivity contribution in [3.8, 4) is 10.4 Å². The molecular weight excluding hydrogens is 373 g/mol. The van der Waals surface area contributed by atoms with Gasteiger partial charge in [0.25, 0.3) is 0 Å². The Labute approximate surface area is 158 Å². The number of benzene rings is 1. The summed E-state index contributed by atoms with van der Waals surface area (Å²) in [5, 5.41) is 0. The molecule has 3 heterocycles. The van der Waals surface area contributed by atoms with Gasteiger partial charge in [-0.2, -0.15) is 13.2 Å². The number of nitrogens with two attached hydrogens (primary N) is 1. The second kappa shape index (κ2) is 6.94. The standard InChI is InChI=1S/C19H17F3N4S/c20-19(21,22)14-3-1-12(2-4-14)17-6-5-15(27-17)11-26-8-7-16-13(10-26)9-24-18(23)25-16/h1-6,9H,7-8,10-11H2,(H2,23,24,25). The van der Waals surface area contributed by atoms with Gasteiger partial charge in [-0.3, -0.25) is 4.90 Å². The third kappa shape index (κ3) is 3.96. The average molecular weight is 390 g/mol. The van der Waals surface area contributed by atoms with Crippen LogP contribution in [0.5, 0.6) is 0 Å². The molecule has 3 aromatic rings. The fourth-order valence-electron chi connectivity index (χ4n) is 3.19. The zero-order valence-corrected chi connectivity index (χ0v) is 15.1. The molecule has 0 spiro atoms. The zero-order chi connectivity index (χ0) is 19.0. The molecule has 2 N–H and O–H groups in total. The third-order valence-electron chi connectivity index (χ3n) is 4.57. The Bertz CT molecular complexity index is 950. The molecule has 0 bridgehead atoms. The van der Waals surface area contributed by atoms with Crippen molar-refractivity contribution in [2.75, 3.05) is 12.3 Å².